The number of halogens is 1. The van der Waals surface area contributed by atoms with Crippen molar-refractivity contribution in [1.82, 2.24) is 9.88 Å². The second-order valence-electron chi connectivity index (χ2n) is 6.75. The molecule has 0 saturated carbocycles. The smallest absolute Gasteiger partial charge is 0.260 e. The van der Waals surface area contributed by atoms with Crippen molar-refractivity contribution >= 4 is 68.5 Å². The van der Waals surface area contributed by atoms with Crippen molar-refractivity contribution in [2.24, 2.45) is 0 Å². The number of fused-ring (bicyclic) bond motifs is 1. The molecule has 31 heavy (non-hydrogen) atoms. The van der Waals surface area contributed by atoms with E-state index in [1.54, 1.807) is 34.9 Å². The Kier molecular flexibility index (Phi) is 10.7. The number of hydrogen-bond donors (Lipinski definition) is 0. The predicted octanol–water partition coefficient (Wildman–Crippen LogP) is 6.54. The van der Waals surface area contributed by atoms with Gasteiger partial charge >= 0.3 is 0 Å². The Morgan fingerprint density at radius 1 is 1.06 bits per heavy atom. The second kappa shape index (κ2) is 12.7. The third-order valence-corrected chi connectivity index (χ3v) is 7.68. The maximum Gasteiger partial charge on any atom is 0.260 e. The lowest BCUT2D eigenvalue weighted by Crippen LogP contribution is -2.38. The molecule has 0 spiro atoms. The third kappa shape index (κ3) is 6.39. The molecule has 0 aliphatic rings. The van der Waals surface area contributed by atoms with Crippen LogP contribution in [-0.2, 0) is 0 Å². The van der Waals surface area contributed by atoms with Gasteiger partial charge in [-0.1, -0.05) is 44.2 Å². The minimum Gasteiger partial charge on any atom is -0.302 e. The number of likely N-dealkylation sites (N-methyl/N-ethyl adjacent to an activating group) is 1. The van der Waals surface area contributed by atoms with Crippen LogP contribution in [0.1, 0.15) is 31.1 Å². The fourth-order valence-electron chi connectivity index (χ4n) is 3.30. The molecule has 8 heteroatoms. The number of thioether (sulfide) groups is 2. The molecule has 0 unspecified atom stereocenters. The highest BCUT2D eigenvalue weighted by Gasteiger charge is 2.22. The summed E-state index contributed by atoms with van der Waals surface area (Å²) in [4.78, 5) is 25.0. The largest absolute Gasteiger partial charge is 0.302 e. The van der Waals surface area contributed by atoms with Gasteiger partial charge in [0.15, 0.2) is 5.13 Å². The van der Waals surface area contributed by atoms with E-state index < -0.39 is 0 Å². The third-order valence-electron chi connectivity index (χ3n) is 4.99. The average Bonchev–Trinajstić information content (AvgIpc) is 3.21. The lowest BCUT2D eigenvalue weighted by atomic mass is 10.2. The summed E-state index contributed by atoms with van der Waals surface area (Å²) in [6.07, 6.45) is 2.06. The molecule has 1 amide bonds. The number of nitrogens with zero attached hydrogens (tertiary/aromatic N) is 3. The highest BCUT2D eigenvalue weighted by molar-refractivity contribution is 7.99. The lowest BCUT2D eigenvalue weighted by molar-refractivity contribution is 0.0983. The molecule has 1 heterocycles. The fraction of sp³-hybridized carbons (Fsp3) is 0.391. The van der Waals surface area contributed by atoms with Crippen molar-refractivity contribution in [3.63, 3.8) is 0 Å². The molecule has 0 aliphatic heterocycles. The van der Waals surface area contributed by atoms with Gasteiger partial charge in [-0.2, -0.15) is 0 Å². The van der Waals surface area contributed by atoms with Crippen LogP contribution in [0.25, 0.3) is 10.2 Å². The van der Waals surface area contributed by atoms with E-state index in [4.69, 9.17) is 4.98 Å². The number of anilines is 1. The van der Waals surface area contributed by atoms with Crippen LogP contribution < -0.4 is 4.90 Å². The molecule has 1 aromatic heterocycles. The molecule has 0 saturated heterocycles. The summed E-state index contributed by atoms with van der Waals surface area (Å²) in [6.45, 7) is 9.83. The van der Waals surface area contributed by atoms with Gasteiger partial charge in [0.05, 0.1) is 10.2 Å². The number of carbonyl (C=O) groups excluding carboxylic acids is 1. The first-order valence-corrected chi connectivity index (χ1v) is 13.3. The zero-order chi connectivity index (χ0) is 21.5. The van der Waals surface area contributed by atoms with Crippen LogP contribution in [0, 0.1) is 0 Å². The van der Waals surface area contributed by atoms with Crippen molar-refractivity contribution in [3.8, 4) is 0 Å². The van der Waals surface area contributed by atoms with E-state index in [1.165, 1.54) is 0 Å². The number of thiazole rings is 1. The molecule has 0 fully saturated rings. The van der Waals surface area contributed by atoms with Gasteiger partial charge in [0.1, 0.15) is 0 Å². The minimum absolute atomic E-state index is 0. The van der Waals surface area contributed by atoms with E-state index in [1.807, 2.05) is 23.1 Å². The van der Waals surface area contributed by atoms with Gasteiger partial charge in [-0.05, 0) is 55.4 Å². The number of hydrogen-bond acceptors (Lipinski definition) is 6. The average molecular weight is 496 g/mol. The Bertz CT molecular complexity index is 991. The van der Waals surface area contributed by atoms with Crippen molar-refractivity contribution in [2.75, 3.05) is 43.1 Å². The highest BCUT2D eigenvalue weighted by atomic mass is 35.5. The van der Waals surface area contributed by atoms with Gasteiger partial charge in [-0.25, -0.2) is 4.98 Å². The van der Waals surface area contributed by atoms with Gasteiger partial charge in [0.25, 0.3) is 5.91 Å². The lowest BCUT2D eigenvalue weighted by Gasteiger charge is -2.25. The number of benzene rings is 2. The zero-order valence-electron chi connectivity index (χ0n) is 18.5. The van der Waals surface area contributed by atoms with Crippen LogP contribution in [0.4, 0.5) is 5.13 Å². The van der Waals surface area contributed by atoms with Gasteiger partial charge in [0, 0.05) is 28.4 Å². The summed E-state index contributed by atoms with van der Waals surface area (Å²) in [5.41, 5.74) is 1.71. The maximum atomic E-state index is 13.6. The molecule has 3 aromatic rings. The summed E-state index contributed by atoms with van der Waals surface area (Å²) < 4.78 is 1.12. The monoisotopic (exact) mass is 495 g/mol. The molecule has 3 rings (SSSR count). The Hall–Kier alpha value is -1.25. The van der Waals surface area contributed by atoms with Gasteiger partial charge in [-0.15, -0.1) is 35.9 Å². The molecular formula is C23H30ClN3OS3. The number of para-hydroxylation sites is 1. The predicted molar refractivity (Wildman–Crippen MR) is 141 cm³/mol. The summed E-state index contributed by atoms with van der Waals surface area (Å²) in [5, 5.41) is 0.775. The first-order chi connectivity index (χ1) is 14.6. The number of carbonyl (C=O) groups is 1. The molecule has 2 aromatic carbocycles. The summed E-state index contributed by atoms with van der Waals surface area (Å²) in [7, 11) is 0. The number of rotatable bonds is 10. The fourth-order valence-corrected chi connectivity index (χ4v) is 5.66. The van der Waals surface area contributed by atoms with Gasteiger partial charge < -0.3 is 4.90 Å². The number of amides is 1. The van der Waals surface area contributed by atoms with Crippen LogP contribution in [0.2, 0.25) is 0 Å². The topological polar surface area (TPSA) is 36.4 Å². The van der Waals surface area contributed by atoms with Crippen LogP contribution >= 0.6 is 47.3 Å². The van der Waals surface area contributed by atoms with E-state index in [9.17, 15) is 4.79 Å². The standard InChI is InChI=1S/C23H29N3OS3.ClH/c1-5-25(6-2)14-15-26(22(27)17-10-8-11-18(16-17)29-7-3)23-24-21-19(28-4)12-9-13-20(21)30-23;/h8-13,16H,5-7,14-15H2,1-4H3;1H. The molecule has 0 atom stereocenters. The molecule has 0 radical (unpaired) electrons. The van der Waals surface area contributed by atoms with E-state index in [2.05, 4.69) is 56.2 Å². The molecule has 168 valence electrons. The molecule has 0 bridgehead atoms. The zero-order valence-corrected chi connectivity index (χ0v) is 21.7. The Morgan fingerprint density at radius 2 is 1.81 bits per heavy atom. The van der Waals surface area contributed by atoms with E-state index in [0.29, 0.717) is 6.54 Å². The quantitative estimate of drug-likeness (QED) is 0.298. The highest BCUT2D eigenvalue weighted by Crippen LogP contribution is 2.34. The summed E-state index contributed by atoms with van der Waals surface area (Å²) >= 11 is 5.04. The van der Waals surface area contributed by atoms with E-state index in [0.717, 1.165) is 56.1 Å². The van der Waals surface area contributed by atoms with Crippen LogP contribution in [0.15, 0.2) is 52.3 Å². The maximum absolute atomic E-state index is 13.6. The van der Waals surface area contributed by atoms with Crippen molar-refractivity contribution < 1.29 is 4.79 Å². The second-order valence-corrected chi connectivity index (χ2v) is 9.94. The van der Waals surface area contributed by atoms with Gasteiger partial charge in [-0.3, -0.25) is 9.69 Å². The van der Waals surface area contributed by atoms with Crippen molar-refractivity contribution in [2.45, 2.75) is 30.6 Å². The van der Waals surface area contributed by atoms with Crippen LogP contribution in [0.3, 0.4) is 0 Å². The minimum atomic E-state index is 0. The van der Waals surface area contributed by atoms with Gasteiger partial charge in [0.2, 0.25) is 0 Å². The summed E-state index contributed by atoms with van der Waals surface area (Å²) in [5.74, 6) is 1.00. The first-order valence-electron chi connectivity index (χ1n) is 10.3. The van der Waals surface area contributed by atoms with E-state index in [-0.39, 0.29) is 18.3 Å². The number of aromatic nitrogens is 1. The Balaban J connectivity index is 0.00000341. The SMILES string of the molecule is CCSc1cccc(C(=O)N(CCN(CC)CC)c2nc3c(SC)cccc3s2)c1.Cl. The van der Waals surface area contributed by atoms with Crippen molar-refractivity contribution in [1.29, 1.82) is 0 Å². The normalized spacial score (nSPS) is 11.0. The summed E-state index contributed by atoms with van der Waals surface area (Å²) in [6, 6.07) is 14.2. The molecular weight excluding hydrogens is 466 g/mol. The first kappa shape index (κ1) is 26.0. The molecule has 0 aliphatic carbocycles. The molecule has 0 N–H and O–H groups in total. The van der Waals surface area contributed by atoms with Crippen LogP contribution in [-0.4, -0.2) is 54.0 Å². The Morgan fingerprint density at radius 3 is 2.48 bits per heavy atom. The molecule has 4 nitrogen and oxygen atoms in total. The Labute approximate surface area is 204 Å². The van der Waals surface area contributed by atoms with Crippen LogP contribution in [0.5, 0.6) is 0 Å². The van der Waals surface area contributed by atoms with Crippen molar-refractivity contribution in [3.05, 3.63) is 48.0 Å². The van der Waals surface area contributed by atoms with E-state index >= 15 is 0 Å².